The first-order valence-corrected chi connectivity index (χ1v) is 8.86. The molecule has 0 aromatic carbocycles. The summed E-state index contributed by atoms with van der Waals surface area (Å²) in [5, 5.41) is 7.31. The van der Waals surface area contributed by atoms with E-state index in [1.54, 1.807) is 10.9 Å². The van der Waals surface area contributed by atoms with Crippen LogP contribution in [0.25, 0.3) is 0 Å². The standard InChI is InChI=1S/C13H24N4O3S/c1-3-12-10-17(7-8-20-12)21(18,19)13-9-15-16(11-13)6-5-14-4-2/h9,11-12,14H,3-8,10H2,1-2H3. The Morgan fingerprint density at radius 3 is 3.00 bits per heavy atom. The molecule has 1 aliphatic heterocycles. The van der Waals surface area contributed by atoms with Crippen molar-refractivity contribution < 1.29 is 13.2 Å². The van der Waals surface area contributed by atoms with Crippen molar-refractivity contribution in [2.24, 2.45) is 0 Å². The van der Waals surface area contributed by atoms with Gasteiger partial charge in [-0.1, -0.05) is 13.8 Å². The molecule has 1 atom stereocenters. The average Bonchev–Trinajstić information content (AvgIpc) is 2.97. The van der Waals surface area contributed by atoms with Crippen molar-refractivity contribution in [1.29, 1.82) is 0 Å². The maximum absolute atomic E-state index is 12.6. The number of rotatable bonds is 7. The van der Waals surface area contributed by atoms with Gasteiger partial charge in [0.05, 0.1) is 25.5 Å². The Morgan fingerprint density at radius 1 is 1.48 bits per heavy atom. The van der Waals surface area contributed by atoms with E-state index in [1.807, 2.05) is 13.8 Å². The largest absolute Gasteiger partial charge is 0.375 e. The minimum absolute atomic E-state index is 0.0164. The molecule has 0 amide bonds. The third kappa shape index (κ3) is 4.03. The Balaban J connectivity index is 2.05. The molecule has 0 bridgehead atoms. The first-order valence-electron chi connectivity index (χ1n) is 7.42. The van der Waals surface area contributed by atoms with E-state index in [0.717, 1.165) is 19.5 Å². The van der Waals surface area contributed by atoms with E-state index in [9.17, 15) is 8.42 Å². The lowest BCUT2D eigenvalue weighted by atomic mass is 10.2. The van der Waals surface area contributed by atoms with E-state index in [-0.39, 0.29) is 11.0 Å². The molecule has 1 N–H and O–H groups in total. The average molecular weight is 316 g/mol. The summed E-state index contributed by atoms with van der Waals surface area (Å²) in [6.07, 6.45) is 3.83. The van der Waals surface area contributed by atoms with Crippen LogP contribution >= 0.6 is 0 Å². The van der Waals surface area contributed by atoms with Crippen LogP contribution in [0.15, 0.2) is 17.3 Å². The van der Waals surface area contributed by atoms with Crippen LogP contribution in [0, 0.1) is 0 Å². The second kappa shape index (κ2) is 7.35. The van der Waals surface area contributed by atoms with Gasteiger partial charge in [0, 0.05) is 25.8 Å². The van der Waals surface area contributed by atoms with Crippen LogP contribution in [0.4, 0.5) is 0 Å². The van der Waals surface area contributed by atoms with E-state index in [4.69, 9.17) is 4.74 Å². The van der Waals surface area contributed by atoms with Crippen LogP contribution in [0.1, 0.15) is 20.3 Å². The number of morpholine rings is 1. The zero-order valence-corrected chi connectivity index (χ0v) is 13.5. The topological polar surface area (TPSA) is 76.5 Å². The molecule has 1 fully saturated rings. The first-order chi connectivity index (χ1) is 10.1. The summed E-state index contributed by atoms with van der Waals surface area (Å²) in [7, 11) is -3.47. The fourth-order valence-electron chi connectivity index (χ4n) is 2.28. The third-order valence-corrected chi connectivity index (χ3v) is 5.39. The Bertz CT molecular complexity index is 543. The SMILES string of the molecule is CCNCCn1cc(S(=O)(=O)N2CCOC(CC)C2)cn1. The molecule has 2 rings (SSSR count). The molecule has 1 unspecified atom stereocenters. The highest BCUT2D eigenvalue weighted by Gasteiger charge is 2.30. The summed E-state index contributed by atoms with van der Waals surface area (Å²) >= 11 is 0. The Morgan fingerprint density at radius 2 is 2.29 bits per heavy atom. The summed E-state index contributed by atoms with van der Waals surface area (Å²) in [5.74, 6) is 0. The van der Waals surface area contributed by atoms with Crippen molar-refractivity contribution in [1.82, 2.24) is 19.4 Å². The highest BCUT2D eigenvalue weighted by atomic mass is 32.2. The predicted molar refractivity (Wildman–Crippen MR) is 79.6 cm³/mol. The molecular formula is C13H24N4O3S. The van der Waals surface area contributed by atoms with Crippen molar-refractivity contribution >= 4 is 10.0 Å². The summed E-state index contributed by atoms with van der Waals surface area (Å²) in [4.78, 5) is 0.260. The summed E-state index contributed by atoms with van der Waals surface area (Å²) in [6.45, 7) is 7.62. The lowest BCUT2D eigenvalue weighted by Crippen LogP contribution is -2.45. The van der Waals surface area contributed by atoms with Gasteiger partial charge in [-0.15, -0.1) is 0 Å². The van der Waals surface area contributed by atoms with Crippen LogP contribution in [0.3, 0.4) is 0 Å². The van der Waals surface area contributed by atoms with E-state index in [0.29, 0.717) is 26.2 Å². The third-order valence-electron chi connectivity index (χ3n) is 3.57. The number of likely N-dealkylation sites (N-methyl/N-ethyl adjacent to an activating group) is 1. The van der Waals surface area contributed by atoms with Crippen molar-refractivity contribution in [3.05, 3.63) is 12.4 Å². The molecule has 0 spiro atoms. The highest BCUT2D eigenvalue weighted by Crippen LogP contribution is 2.19. The molecule has 0 radical (unpaired) electrons. The zero-order chi connectivity index (χ0) is 15.3. The molecule has 8 heteroatoms. The van der Waals surface area contributed by atoms with Crippen molar-refractivity contribution in [3.8, 4) is 0 Å². The normalized spacial score (nSPS) is 20.8. The highest BCUT2D eigenvalue weighted by molar-refractivity contribution is 7.89. The van der Waals surface area contributed by atoms with Gasteiger partial charge in [0.15, 0.2) is 0 Å². The van der Waals surface area contributed by atoms with Gasteiger partial charge in [0.25, 0.3) is 0 Å². The minimum atomic E-state index is -3.47. The van der Waals surface area contributed by atoms with Crippen molar-refractivity contribution in [2.75, 3.05) is 32.8 Å². The van der Waals surface area contributed by atoms with Gasteiger partial charge in [-0.3, -0.25) is 4.68 Å². The smallest absolute Gasteiger partial charge is 0.246 e. The van der Waals surface area contributed by atoms with Crippen molar-refractivity contribution in [2.45, 2.75) is 37.8 Å². The summed E-state index contributed by atoms with van der Waals surface area (Å²) < 4.78 is 33.9. The van der Waals surface area contributed by atoms with E-state index in [1.165, 1.54) is 10.5 Å². The monoisotopic (exact) mass is 316 g/mol. The molecule has 1 aromatic rings. The molecule has 2 heterocycles. The first kappa shape index (κ1) is 16.4. The molecule has 120 valence electrons. The van der Waals surface area contributed by atoms with Gasteiger partial charge in [0.1, 0.15) is 4.90 Å². The molecule has 0 saturated carbocycles. The maximum atomic E-state index is 12.6. The number of aromatic nitrogens is 2. The van der Waals surface area contributed by atoms with Gasteiger partial charge < -0.3 is 10.1 Å². The summed E-state index contributed by atoms with van der Waals surface area (Å²) in [6, 6.07) is 0. The fourth-order valence-corrected chi connectivity index (χ4v) is 3.69. The van der Waals surface area contributed by atoms with Gasteiger partial charge in [-0.2, -0.15) is 9.40 Å². The summed E-state index contributed by atoms with van der Waals surface area (Å²) in [5.41, 5.74) is 0. The number of nitrogens with one attached hydrogen (secondary N) is 1. The molecule has 1 aliphatic rings. The molecule has 0 aliphatic carbocycles. The predicted octanol–water partition coefficient (Wildman–Crippen LogP) is 0.292. The molecule has 21 heavy (non-hydrogen) atoms. The van der Waals surface area contributed by atoms with Crippen LogP contribution in [-0.2, 0) is 21.3 Å². The molecule has 1 saturated heterocycles. The van der Waals surface area contributed by atoms with Crippen LogP contribution in [0.2, 0.25) is 0 Å². The maximum Gasteiger partial charge on any atom is 0.246 e. The Hall–Kier alpha value is -0.960. The number of hydrogen-bond acceptors (Lipinski definition) is 5. The van der Waals surface area contributed by atoms with Gasteiger partial charge >= 0.3 is 0 Å². The number of nitrogens with zero attached hydrogens (tertiary/aromatic N) is 3. The minimum Gasteiger partial charge on any atom is -0.375 e. The Kier molecular flexibility index (Phi) is 5.74. The number of sulfonamides is 1. The van der Waals surface area contributed by atoms with Gasteiger partial charge in [-0.05, 0) is 13.0 Å². The van der Waals surface area contributed by atoms with Crippen LogP contribution in [-0.4, -0.2) is 61.4 Å². The quantitative estimate of drug-likeness (QED) is 0.732. The second-order valence-corrected chi connectivity index (χ2v) is 6.99. The van der Waals surface area contributed by atoms with Crippen molar-refractivity contribution in [3.63, 3.8) is 0 Å². The van der Waals surface area contributed by atoms with Gasteiger partial charge in [-0.25, -0.2) is 8.42 Å². The number of ether oxygens (including phenoxy) is 1. The lowest BCUT2D eigenvalue weighted by Gasteiger charge is -2.31. The van der Waals surface area contributed by atoms with Gasteiger partial charge in [0.2, 0.25) is 10.0 Å². The molecule has 7 nitrogen and oxygen atoms in total. The van der Waals surface area contributed by atoms with Crippen LogP contribution < -0.4 is 5.32 Å². The van der Waals surface area contributed by atoms with E-state index < -0.39 is 10.0 Å². The fraction of sp³-hybridized carbons (Fsp3) is 0.769. The molecule has 1 aromatic heterocycles. The van der Waals surface area contributed by atoms with Crippen LogP contribution in [0.5, 0.6) is 0 Å². The van der Waals surface area contributed by atoms with E-state index in [2.05, 4.69) is 10.4 Å². The number of hydrogen-bond donors (Lipinski definition) is 1. The lowest BCUT2D eigenvalue weighted by molar-refractivity contribution is -0.00278. The Labute approximate surface area is 126 Å². The second-order valence-electron chi connectivity index (χ2n) is 5.06. The molecular weight excluding hydrogens is 292 g/mol. The van der Waals surface area contributed by atoms with E-state index >= 15 is 0 Å². The zero-order valence-electron chi connectivity index (χ0n) is 12.7.